The Labute approximate surface area is 197 Å². The van der Waals surface area contributed by atoms with E-state index in [1.54, 1.807) is 45.0 Å². The van der Waals surface area contributed by atoms with Crippen LogP contribution in [-0.4, -0.2) is 24.1 Å². The maximum absolute atomic E-state index is 13.1. The van der Waals surface area contributed by atoms with E-state index < -0.39 is 11.6 Å². The van der Waals surface area contributed by atoms with Gasteiger partial charge in [-0.1, -0.05) is 42.8 Å². The van der Waals surface area contributed by atoms with Gasteiger partial charge in [-0.2, -0.15) is 0 Å². The number of esters is 1. The Morgan fingerprint density at radius 3 is 2.28 bits per heavy atom. The lowest BCUT2D eigenvalue weighted by Crippen LogP contribution is -2.42. The molecule has 1 heterocycles. The highest BCUT2D eigenvalue weighted by Gasteiger charge is 2.32. The first-order valence-electron chi connectivity index (χ1n) is 10.4. The average Bonchev–Trinajstić information content (AvgIpc) is 3.19. The number of carbonyl (C=O) groups is 2. The number of benzene rings is 2. The van der Waals surface area contributed by atoms with Crippen LogP contribution in [0.5, 0.6) is 5.75 Å². The topological polar surface area (TPSA) is 64.6 Å². The lowest BCUT2D eigenvalue weighted by atomic mass is 10.0. The molecule has 1 N–H and O–H groups in total. The monoisotopic (exact) mass is 471 g/mol. The predicted octanol–water partition coefficient (Wildman–Crippen LogP) is 6.60. The molecule has 0 spiro atoms. The molecule has 1 aromatic heterocycles. The van der Waals surface area contributed by atoms with Gasteiger partial charge in [0.25, 0.3) is 5.91 Å². The van der Waals surface area contributed by atoms with Crippen molar-refractivity contribution in [3.8, 4) is 16.9 Å². The molecule has 0 aliphatic heterocycles. The SMILES string of the molecule is CCOC(=O)c1c(-c2ccc(CC)cc2)csc1NC(=O)C(C)(C)Oc1ccc(Cl)cc1. The Bertz CT molecular complexity index is 1090. The standard InChI is InChI=1S/C25H26ClNO4S/c1-5-16-7-9-17(10-8-16)20-15-32-22(21(20)23(28)30-6-2)27-24(29)25(3,4)31-19-13-11-18(26)12-14-19/h7-15H,5-6H2,1-4H3,(H,27,29). The number of thiophene rings is 1. The number of hydrogen-bond acceptors (Lipinski definition) is 5. The van der Waals surface area contributed by atoms with Crippen LogP contribution in [0.3, 0.4) is 0 Å². The van der Waals surface area contributed by atoms with E-state index in [0.29, 0.717) is 21.3 Å². The summed E-state index contributed by atoms with van der Waals surface area (Å²) in [5.74, 6) is -0.342. The fourth-order valence-corrected chi connectivity index (χ4v) is 4.16. The second-order valence-corrected chi connectivity index (χ2v) is 8.96. The lowest BCUT2D eigenvalue weighted by molar-refractivity contribution is -0.128. The van der Waals surface area contributed by atoms with Gasteiger partial charge >= 0.3 is 5.97 Å². The van der Waals surface area contributed by atoms with Crippen molar-refractivity contribution in [2.45, 2.75) is 39.7 Å². The molecule has 2 aromatic carbocycles. The van der Waals surface area contributed by atoms with Crippen molar-refractivity contribution in [3.05, 3.63) is 70.1 Å². The van der Waals surface area contributed by atoms with Gasteiger partial charge in [0, 0.05) is 16.0 Å². The van der Waals surface area contributed by atoms with E-state index in [0.717, 1.165) is 17.5 Å². The summed E-state index contributed by atoms with van der Waals surface area (Å²) >= 11 is 7.20. The lowest BCUT2D eigenvalue weighted by Gasteiger charge is -2.25. The number of amides is 1. The van der Waals surface area contributed by atoms with E-state index in [4.69, 9.17) is 21.1 Å². The van der Waals surface area contributed by atoms with E-state index in [-0.39, 0.29) is 12.5 Å². The Morgan fingerprint density at radius 2 is 1.69 bits per heavy atom. The number of rotatable bonds is 8. The van der Waals surface area contributed by atoms with Gasteiger partial charge in [0.05, 0.1) is 6.61 Å². The van der Waals surface area contributed by atoms with Gasteiger partial charge in [-0.05, 0) is 62.6 Å². The van der Waals surface area contributed by atoms with Gasteiger partial charge < -0.3 is 14.8 Å². The molecule has 0 fully saturated rings. The summed E-state index contributed by atoms with van der Waals surface area (Å²) < 4.78 is 11.2. The van der Waals surface area contributed by atoms with Crippen molar-refractivity contribution in [1.82, 2.24) is 0 Å². The van der Waals surface area contributed by atoms with E-state index in [2.05, 4.69) is 12.2 Å². The van der Waals surface area contributed by atoms with Crippen LogP contribution in [0.25, 0.3) is 11.1 Å². The van der Waals surface area contributed by atoms with Crippen molar-refractivity contribution in [2.75, 3.05) is 11.9 Å². The fourth-order valence-electron chi connectivity index (χ4n) is 3.09. The zero-order chi connectivity index (χ0) is 23.3. The van der Waals surface area contributed by atoms with Crippen molar-refractivity contribution in [3.63, 3.8) is 0 Å². The van der Waals surface area contributed by atoms with E-state index in [9.17, 15) is 9.59 Å². The first kappa shape index (κ1) is 23.8. The third kappa shape index (κ3) is 5.50. The molecule has 7 heteroatoms. The van der Waals surface area contributed by atoms with Gasteiger partial charge in [0.1, 0.15) is 16.3 Å². The van der Waals surface area contributed by atoms with Gasteiger partial charge in [-0.25, -0.2) is 4.79 Å². The summed E-state index contributed by atoms with van der Waals surface area (Å²) in [4.78, 5) is 25.8. The van der Waals surface area contributed by atoms with Gasteiger partial charge in [0.15, 0.2) is 5.60 Å². The summed E-state index contributed by atoms with van der Waals surface area (Å²) in [6, 6.07) is 14.8. The molecule has 32 heavy (non-hydrogen) atoms. The first-order chi connectivity index (χ1) is 15.2. The highest BCUT2D eigenvalue weighted by atomic mass is 35.5. The van der Waals surface area contributed by atoms with E-state index in [1.807, 2.05) is 29.6 Å². The van der Waals surface area contributed by atoms with Gasteiger partial charge in [-0.15, -0.1) is 11.3 Å². The van der Waals surface area contributed by atoms with Gasteiger partial charge in [-0.3, -0.25) is 4.79 Å². The quantitative estimate of drug-likeness (QED) is 0.376. The van der Waals surface area contributed by atoms with Crippen LogP contribution in [0.2, 0.25) is 5.02 Å². The van der Waals surface area contributed by atoms with E-state index >= 15 is 0 Å². The van der Waals surface area contributed by atoms with Crippen LogP contribution in [0, 0.1) is 0 Å². The molecule has 0 atom stereocenters. The second-order valence-electron chi connectivity index (χ2n) is 7.64. The van der Waals surface area contributed by atoms with Crippen molar-refractivity contribution in [1.29, 1.82) is 0 Å². The Balaban J connectivity index is 1.89. The molecule has 3 rings (SSSR count). The zero-order valence-electron chi connectivity index (χ0n) is 18.5. The van der Waals surface area contributed by atoms with Crippen molar-refractivity contribution < 1.29 is 19.1 Å². The minimum Gasteiger partial charge on any atom is -0.478 e. The normalized spacial score (nSPS) is 11.2. The molecule has 3 aromatic rings. The molecule has 0 unspecified atom stereocenters. The molecule has 168 valence electrons. The predicted molar refractivity (Wildman–Crippen MR) is 130 cm³/mol. The molecule has 0 aliphatic carbocycles. The van der Waals surface area contributed by atoms with Crippen molar-refractivity contribution in [2.24, 2.45) is 0 Å². The Hall–Kier alpha value is -2.83. The summed E-state index contributed by atoms with van der Waals surface area (Å²) in [5, 5.41) is 5.73. The molecular formula is C25H26ClNO4S. The molecule has 5 nitrogen and oxygen atoms in total. The smallest absolute Gasteiger partial charge is 0.341 e. The third-order valence-corrected chi connectivity index (χ3v) is 6.05. The number of carbonyl (C=O) groups excluding carboxylic acids is 2. The number of aryl methyl sites for hydroxylation is 1. The molecule has 1 amide bonds. The second kappa shape index (κ2) is 10.2. The molecule has 0 aliphatic rings. The average molecular weight is 472 g/mol. The Morgan fingerprint density at radius 1 is 1.03 bits per heavy atom. The van der Waals surface area contributed by atoms with E-state index in [1.165, 1.54) is 16.9 Å². The largest absolute Gasteiger partial charge is 0.478 e. The number of nitrogens with one attached hydrogen (secondary N) is 1. The molecule has 0 saturated carbocycles. The van der Waals surface area contributed by atoms with Crippen LogP contribution >= 0.6 is 22.9 Å². The van der Waals surface area contributed by atoms with Crippen LogP contribution in [-0.2, 0) is 16.0 Å². The van der Waals surface area contributed by atoms with Crippen LogP contribution < -0.4 is 10.1 Å². The zero-order valence-corrected chi connectivity index (χ0v) is 20.1. The number of hydrogen-bond donors (Lipinski definition) is 1. The fraction of sp³-hybridized carbons (Fsp3) is 0.280. The molecule has 0 bridgehead atoms. The summed E-state index contributed by atoms with van der Waals surface area (Å²) in [6.07, 6.45) is 0.929. The highest BCUT2D eigenvalue weighted by molar-refractivity contribution is 7.15. The number of ether oxygens (including phenoxy) is 2. The van der Waals surface area contributed by atoms with Crippen LogP contribution in [0.15, 0.2) is 53.9 Å². The first-order valence-corrected chi connectivity index (χ1v) is 11.6. The summed E-state index contributed by atoms with van der Waals surface area (Å²) in [6.45, 7) is 7.41. The van der Waals surface area contributed by atoms with Crippen LogP contribution in [0.4, 0.5) is 5.00 Å². The minimum atomic E-state index is -1.19. The third-order valence-electron chi connectivity index (χ3n) is 4.90. The molecular weight excluding hydrogens is 446 g/mol. The Kier molecular flexibility index (Phi) is 7.59. The minimum absolute atomic E-state index is 0.238. The van der Waals surface area contributed by atoms with Gasteiger partial charge in [0.2, 0.25) is 0 Å². The molecule has 0 saturated heterocycles. The highest BCUT2D eigenvalue weighted by Crippen LogP contribution is 2.37. The van der Waals surface area contributed by atoms with Crippen LogP contribution in [0.1, 0.15) is 43.6 Å². The maximum Gasteiger partial charge on any atom is 0.341 e. The summed E-state index contributed by atoms with van der Waals surface area (Å²) in [5.41, 5.74) is 1.97. The summed E-state index contributed by atoms with van der Waals surface area (Å²) in [7, 11) is 0. The molecule has 0 radical (unpaired) electrons. The van der Waals surface area contributed by atoms with Crippen molar-refractivity contribution >= 4 is 39.8 Å². The number of anilines is 1. The maximum atomic E-state index is 13.1. The number of halogens is 1.